The van der Waals surface area contributed by atoms with Gasteiger partial charge in [-0.3, -0.25) is 14.4 Å². The lowest BCUT2D eigenvalue weighted by atomic mass is 9.98. The van der Waals surface area contributed by atoms with Crippen LogP contribution in [0.1, 0.15) is 252 Å². The summed E-state index contributed by atoms with van der Waals surface area (Å²) in [6.07, 6.45) is 43.8. The van der Waals surface area contributed by atoms with Gasteiger partial charge in [0.1, 0.15) is 18.8 Å². The molecule has 3 N–H and O–H groups in total. The van der Waals surface area contributed by atoms with Gasteiger partial charge in [0.2, 0.25) is 0 Å². The molecule has 0 spiro atoms. The summed E-state index contributed by atoms with van der Waals surface area (Å²) in [5, 5.41) is 31.4. The Morgan fingerprint density at radius 2 is 0.859 bits per heavy atom. The van der Waals surface area contributed by atoms with Crippen LogP contribution < -0.4 is 0 Å². The van der Waals surface area contributed by atoms with E-state index in [0.29, 0.717) is 19.3 Å². The number of allylic oxidation sites excluding steroid dienone is 8. The smallest absolute Gasteiger partial charge is 0.335 e. The minimum atomic E-state index is -1.90. The Balaban J connectivity index is 2.68. The number of carbonyl (C=O) groups excluding carboxylic acids is 3. The van der Waals surface area contributed by atoms with Crippen LogP contribution in [-0.4, -0.2) is 89.2 Å². The molecule has 1 heterocycles. The predicted octanol–water partition coefficient (Wildman–Crippen LogP) is 14.2. The van der Waals surface area contributed by atoms with E-state index in [2.05, 4.69) is 69.4 Å². The van der Waals surface area contributed by atoms with E-state index < -0.39 is 67.3 Å². The molecule has 0 aliphatic carbocycles. The number of rotatable bonds is 48. The summed E-state index contributed by atoms with van der Waals surface area (Å²) in [5.74, 6) is -3.14. The highest BCUT2D eigenvalue weighted by atomic mass is 16.7. The van der Waals surface area contributed by atoms with Crippen LogP contribution in [0.4, 0.5) is 0 Å². The standard InChI is InChI=1S/C59H102O12/c1-4-7-10-13-16-19-22-23-24-25-26-27-28-29-32-33-36-39-42-45-51(60)67-48-50(69-52(61)46-43-40-37-34-30-20-17-14-11-8-5-2)49-68-59-57(55(64)54(63)56(71-59)58(65)66)70-53(62)47-44-41-38-35-31-21-18-15-12-9-6-3/h14,16-17,19,23-24,26-27,50,54-57,59,63-64H,4-13,15,18,20-22,25,28-49H2,1-3H3,(H,65,66)/b17-14-,19-16-,24-23-,27-26-. The van der Waals surface area contributed by atoms with Gasteiger partial charge in [0.15, 0.2) is 24.6 Å². The molecule has 0 saturated carbocycles. The van der Waals surface area contributed by atoms with Crippen molar-refractivity contribution in [2.24, 2.45) is 0 Å². The maximum Gasteiger partial charge on any atom is 0.335 e. The molecule has 12 nitrogen and oxygen atoms in total. The molecule has 0 amide bonds. The number of carbonyl (C=O) groups is 4. The van der Waals surface area contributed by atoms with Crippen LogP contribution in [0.15, 0.2) is 48.6 Å². The van der Waals surface area contributed by atoms with Crippen molar-refractivity contribution in [1.82, 2.24) is 0 Å². The maximum atomic E-state index is 13.1. The number of ether oxygens (including phenoxy) is 5. The van der Waals surface area contributed by atoms with Crippen molar-refractivity contribution in [2.45, 2.75) is 289 Å². The number of aliphatic hydroxyl groups excluding tert-OH is 2. The van der Waals surface area contributed by atoms with Crippen molar-refractivity contribution >= 4 is 23.9 Å². The van der Waals surface area contributed by atoms with Crippen LogP contribution in [0.3, 0.4) is 0 Å². The zero-order valence-corrected chi connectivity index (χ0v) is 45.0. The number of aliphatic carboxylic acids is 1. The fourth-order valence-corrected chi connectivity index (χ4v) is 8.41. The molecule has 6 atom stereocenters. The molecule has 410 valence electrons. The van der Waals surface area contributed by atoms with Gasteiger partial charge in [-0.1, -0.05) is 204 Å². The van der Waals surface area contributed by atoms with E-state index in [1.165, 1.54) is 77.0 Å². The summed E-state index contributed by atoms with van der Waals surface area (Å²) in [6, 6.07) is 0. The van der Waals surface area contributed by atoms with Gasteiger partial charge in [-0.05, 0) is 77.0 Å². The largest absolute Gasteiger partial charge is 0.479 e. The highest BCUT2D eigenvalue weighted by molar-refractivity contribution is 5.74. The van der Waals surface area contributed by atoms with Gasteiger partial charge in [0.05, 0.1) is 6.61 Å². The second-order valence-corrected chi connectivity index (χ2v) is 19.6. The lowest BCUT2D eigenvalue weighted by molar-refractivity contribution is -0.301. The molecule has 71 heavy (non-hydrogen) atoms. The van der Waals surface area contributed by atoms with Crippen LogP contribution in [0.25, 0.3) is 0 Å². The summed E-state index contributed by atoms with van der Waals surface area (Å²) < 4.78 is 28.3. The Hall–Kier alpha value is -3.32. The normalized spacial score (nSPS) is 18.8. The zero-order valence-electron chi connectivity index (χ0n) is 45.0. The molecule has 1 aliphatic heterocycles. The van der Waals surface area contributed by atoms with Gasteiger partial charge in [0.25, 0.3) is 0 Å². The molecule has 0 bridgehead atoms. The topological polar surface area (TPSA) is 175 Å². The Morgan fingerprint density at radius 1 is 0.465 bits per heavy atom. The van der Waals surface area contributed by atoms with Gasteiger partial charge >= 0.3 is 23.9 Å². The predicted molar refractivity (Wildman–Crippen MR) is 285 cm³/mol. The molecule has 1 rings (SSSR count). The Morgan fingerprint density at radius 3 is 1.37 bits per heavy atom. The first-order valence-electron chi connectivity index (χ1n) is 28.6. The molecule has 0 aromatic rings. The molecule has 1 saturated heterocycles. The fourth-order valence-electron chi connectivity index (χ4n) is 8.41. The average Bonchev–Trinajstić information content (AvgIpc) is 3.35. The maximum absolute atomic E-state index is 13.1. The Bertz CT molecular complexity index is 1420. The molecule has 12 heteroatoms. The lowest BCUT2D eigenvalue weighted by Gasteiger charge is -2.40. The Labute approximate surface area is 431 Å². The van der Waals surface area contributed by atoms with Crippen LogP contribution in [0, 0.1) is 0 Å². The number of hydrogen-bond donors (Lipinski definition) is 3. The number of aliphatic hydroxyl groups is 2. The van der Waals surface area contributed by atoms with Crippen LogP contribution in [0.2, 0.25) is 0 Å². The monoisotopic (exact) mass is 1000 g/mol. The van der Waals surface area contributed by atoms with Gasteiger partial charge in [-0.15, -0.1) is 0 Å². The molecular formula is C59H102O12. The van der Waals surface area contributed by atoms with Gasteiger partial charge in [0, 0.05) is 19.3 Å². The number of carboxylic acids is 1. The van der Waals surface area contributed by atoms with E-state index in [-0.39, 0.29) is 25.9 Å². The highest BCUT2D eigenvalue weighted by Crippen LogP contribution is 2.26. The third kappa shape index (κ3) is 38.0. The minimum absolute atomic E-state index is 0.0610. The van der Waals surface area contributed by atoms with E-state index in [1.54, 1.807) is 0 Å². The summed E-state index contributed by atoms with van der Waals surface area (Å²) in [6.45, 7) is 5.89. The van der Waals surface area contributed by atoms with Crippen LogP contribution in [-0.2, 0) is 42.9 Å². The van der Waals surface area contributed by atoms with Crippen molar-refractivity contribution in [1.29, 1.82) is 0 Å². The minimum Gasteiger partial charge on any atom is -0.479 e. The lowest BCUT2D eigenvalue weighted by Crippen LogP contribution is -2.61. The summed E-state index contributed by atoms with van der Waals surface area (Å²) in [5.41, 5.74) is 0. The van der Waals surface area contributed by atoms with E-state index >= 15 is 0 Å². The second-order valence-electron chi connectivity index (χ2n) is 19.6. The fraction of sp³-hybridized carbons (Fsp3) is 0.797. The Kier molecular flexibility index (Phi) is 44.1. The van der Waals surface area contributed by atoms with Crippen LogP contribution in [0.5, 0.6) is 0 Å². The molecular weight excluding hydrogens is 901 g/mol. The second kappa shape index (κ2) is 47.7. The zero-order chi connectivity index (χ0) is 51.8. The van der Waals surface area contributed by atoms with Gasteiger partial charge < -0.3 is 39.0 Å². The first kappa shape index (κ1) is 65.7. The summed E-state index contributed by atoms with van der Waals surface area (Å²) in [7, 11) is 0. The summed E-state index contributed by atoms with van der Waals surface area (Å²) >= 11 is 0. The quantitative estimate of drug-likeness (QED) is 0.0228. The highest BCUT2D eigenvalue weighted by Gasteiger charge is 2.50. The van der Waals surface area contributed by atoms with E-state index in [9.17, 15) is 34.5 Å². The first-order valence-corrected chi connectivity index (χ1v) is 28.6. The van der Waals surface area contributed by atoms with E-state index in [0.717, 1.165) is 116 Å². The number of carboxylic acid groups (broad SMARTS) is 1. The van der Waals surface area contributed by atoms with Crippen LogP contribution >= 0.6 is 0 Å². The van der Waals surface area contributed by atoms with E-state index in [1.807, 2.05) is 0 Å². The average molecular weight is 1000 g/mol. The molecule has 1 fully saturated rings. The van der Waals surface area contributed by atoms with Crippen molar-refractivity contribution in [3.63, 3.8) is 0 Å². The van der Waals surface area contributed by atoms with Crippen molar-refractivity contribution in [3.05, 3.63) is 48.6 Å². The van der Waals surface area contributed by atoms with Crippen molar-refractivity contribution in [2.75, 3.05) is 13.2 Å². The van der Waals surface area contributed by atoms with Crippen molar-refractivity contribution < 1.29 is 58.2 Å². The molecule has 0 radical (unpaired) electrons. The number of hydrogen-bond acceptors (Lipinski definition) is 11. The first-order chi connectivity index (χ1) is 34.6. The number of esters is 3. The van der Waals surface area contributed by atoms with Crippen molar-refractivity contribution in [3.8, 4) is 0 Å². The molecule has 0 aromatic heterocycles. The number of unbranched alkanes of at least 4 members (excludes halogenated alkanes) is 26. The van der Waals surface area contributed by atoms with E-state index in [4.69, 9.17) is 23.7 Å². The molecule has 6 unspecified atom stereocenters. The summed E-state index contributed by atoms with van der Waals surface area (Å²) in [4.78, 5) is 50.9. The third-order valence-corrected chi connectivity index (χ3v) is 12.9. The van der Waals surface area contributed by atoms with Gasteiger partial charge in [-0.25, -0.2) is 4.79 Å². The molecule has 1 aliphatic rings. The molecule has 0 aromatic carbocycles. The van der Waals surface area contributed by atoms with Gasteiger partial charge in [-0.2, -0.15) is 0 Å². The SMILES string of the molecule is CCCC/C=C\CCCCCCCC(=O)OC(COC(=O)CCCCCCCC/C=C\C/C=C\C/C=C\CCCCC)COC1OC(C(=O)O)C(O)C(O)C1OC(=O)CCCCCCCCCCCCC. The third-order valence-electron chi connectivity index (χ3n) is 12.9.